The minimum atomic E-state index is 0.177. The Morgan fingerprint density at radius 1 is 0.867 bits per heavy atom. The third kappa shape index (κ3) is 10.3. The number of rotatable bonds is 5. The van der Waals surface area contributed by atoms with E-state index in [-0.39, 0.29) is 11.1 Å². The highest BCUT2D eigenvalue weighted by Crippen LogP contribution is 2.08. The van der Waals surface area contributed by atoms with Crippen LogP contribution in [0.2, 0.25) is 6.32 Å². The quantitative estimate of drug-likeness (QED) is 0.684. The second kappa shape index (κ2) is 5.90. The van der Waals surface area contributed by atoms with Crippen molar-refractivity contribution in [3.8, 4) is 0 Å². The van der Waals surface area contributed by atoms with Gasteiger partial charge in [0.2, 0.25) is 0 Å². The third-order valence-electron chi connectivity index (χ3n) is 2.06. The average Bonchev–Trinajstić information content (AvgIpc) is 1.94. The van der Waals surface area contributed by atoms with Crippen LogP contribution in [0.4, 0.5) is 0 Å². The highest BCUT2D eigenvalue weighted by molar-refractivity contribution is 6.53. The summed E-state index contributed by atoms with van der Waals surface area (Å²) in [5, 5.41) is 7.27. The molecule has 0 aromatic carbocycles. The Bertz CT molecular complexity index is 151. The number of hydrogen-bond acceptors (Lipinski definition) is 2. The summed E-state index contributed by atoms with van der Waals surface area (Å²) in [5.74, 6) is 0. The van der Waals surface area contributed by atoms with Gasteiger partial charge in [-0.15, -0.1) is 0 Å². The largest absolute Gasteiger partial charge is 0.337 e. The molecule has 0 saturated heterocycles. The summed E-state index contributed by atoms with van der Waals surface area (Å²) in [7, 11) is 0. The zero-order chi connectivity index (χ0) is 12.1. The fraction of sp³-hybridized carbons (Fsp3) is 1.00. The highest BCUT2D eigenvalue weighted by atomic mass is 15.0. The van der Waals surface area contributed by atoms with Gasteiger partial charge in [0, 0.05) is 11.1 Å². The van der Waals surface area contributed by atoms with Crippen LogP contribution in [0, 0.1) is 0 Å². The van der Waals surface area contributed by atoms with E-state index in [9.17, 15) is 0 Å². The number of hydrogen-bond donors (Lipinski definition) is 2. The zero-order valence-corrected chi connectivity index (χ0v) is 11.7. The molecule has 0 atom stereocenters. The first-order valence-electron chi connectivity index (χ1n) is 6.19. The predicted molar refractivity (Wildman–Crippen MR) is 71.2 cm³/mol. The maximum atomic E-state index is 3.64. The van der Waals surface area contributed by atoms with Gasteiger partial charge in [-0.2, -0.15) is 0 Å². The molecule has 0 bridgehead atoms. The predicted octanol–water partition coefficient (Wildman–Crippen LogP) is 3.05. The van der Waals surface area contributed by atoms with Crippen LogP contribution >= 0.6 is 0 Å². The second-order valence-electron chi connectivity index (χ2n) is 6.48. The van der Waals surface area contributed by atoms with E-state index in [0.29, 0.717) is 6.98 Å². The van der Waals surface area contributed by atoms with Crippen LogP contribution < -0.4 is 10.5 Å². The van der Waals surface area contributed by atoms with Crippen LogP contribution in [0.5, 0.6) is 0 Å². The third-order valence-corrected chi connectivity index (χ3v) is 2.06. The second-order valence-corrected chi connectivity index (χ2v) is 6.48. The van der Waals surface area contributed by atoms with Crippen LogP contribution in [0.25, 0.3) is 0 Å². The summed E-state index contributed by atoms with van der Waals surface area (Å²) in [6.07, 6.45) is 3.73. The molecule has 0 unspecified atom stereocenters. The summed E-state index contributed by atoms with van der Waals surface area (Å²) in [6.45, 7) is 16.0. The lowest BCUT2D eigenvalue weighted by Gasteiger charge is -2.32. The first-order chi connectivity index (χ1) is 6.64. The monoisotopic (exact) mass is 212 g/mol. The molecule has 0 aliphatic carbocycles. The lowest BCUT2D eigenvalue weighted by molar-refractivity contribution is 0.471. The van der Waals surface area contributed by atoms with Gasteiger partial charge in [0.05, 0.1) is 0 Å². The van der Waals surface area contributed by atoms with Crippen molar-refractivity contribution in [1.29, 1.82) is 0 Å². The Kier molecular flexibility index (Phi) is 5.90. The molecule has 0 spiro atoms. The van der Waals surface area contributed by atoms with Crippen molar-refractivity contribution in [1.82, 2.24) is 10.5 Å². The molecule has 0 amide bonds. The molecule has 0 saturated carbocycles. The van der Waals surface area contributed by atoms with Gasteiger partial charge in [0.15, 0.2) is 0 Å². The molecule has 0 heterocycles. The van der Waals surface area contributed by atoms with Crippen molar-refractivity contribution in [2.45, 2.75) is 78.7 Å². The van der Waals surface area contributed by atoms with Crippen LogP contribution in [0.3, 0.4) is 0 Å². The van der Waals surface area contributed by atoms with Gasteiger partial charge in [0.1, 0.15) is 0 Å². The lowest BCUT2D eigenvalue weighted by atomic mass is 9.67. The summed E-state index contributed by atoms with van der Waals surface area (Å²) < 4.78 is 0. The zero-order valence-electron chi connectivity index (χ0n) is 11.7. The van der Waals surface area contributed by atoms with Gasteiger partial charge < -0.3 is 10.5 Å². The molecule has 3 heteroatoms. The first kappa shape index (κ1) is 15.0. The van der Waals surface area contributed by atoms with E-state index in [1.807, 2.05) is 0 Å². The van der Waals surface area contributed by atoms with Crippen molar-refractivity contribution < 1.29 is 0 Å². The molecule has 90 valence electrons. The Labute approximate surface area is 96.7 Å². The van der Waals surface area contributed by atoms with E-state index in [2.05, 4.69) is 58.9 Å². The number of nitrogens with one attached hydrogen (secondary N) is 2. The molecule has 0 aromatic heterocycles. The Morgan fingerprint density at radius 2 is 1.27 bits per heavy atom. The van der Waals surface area contributed by atoms with Gasteiger partial charge >= 0.3 is 6.98 Å². The molecule has 2 N–H and O–H groups in total. The highest BCUT2D eigenvalue weighted by Gasteiger charge is 2.24. The van der Waals surface area contributed by atoms with Gasteiger partial charge in [-0.3, -0.25) is 0 Å². The summed E-state index contributed by atoms with van der Waals surface area (Å²) in [4.78, 5) is 0. The standard InChI is InChI=1S/C12H29BN2/c1-8-9-10-13(14-11(2,3)4)15-12(5,6)7/h14-15H,8-10H2,1-7H3. The minimum Gasteiger partial charge on any atom is -0.337 e. The van der Waals surface area contributed by atoms with Crippen molar-refractivity contribution in [3.05, 3.63) is 0 Å². The Morgan fingerprint density at radius 3 is 1.53 bits per heavy atom. The number of unbranched alkanes of at least 4 members (excludes halogenated alkanes) is 1. The van der Waals surface area contributed by atoms with Crippen LogP contribution in [-0.4, -0.2) is 18.1 Å². The van der Waals surface area contributed by atoms with Crippen molar-refractivity contribution >= 4 is 6.98 Å². The average molecular weight is 212 g/mol. The Balaban J connectivity index is 4.19. The van der Waals surface area contributed by atoms with Crippen LogP contribution in [0.15, 0.2) is 0 Å². The SMILES string of the molecule is CCCCB(NC(C)(C)C)NC(C)(C)C. The van der Waals surface area contributed by atoms with Gasteiger partial charge in [-0.1, -0.05) is 19.8 Å². The van der Waals surface area contributed by atoms with E-state index >= 15 is 0 Å². The molecular weight excluding hydrogens is 183 g/mol. The van der Waals surface area contributed by atoms with Crippen LogP contribution in [0.1, 0.15) is 61.3 Å². The van der Waals surface area contributed by atoms with Gasteiger partial charge in [-0.25, -0.2) is 0 Å². The van der Waals surface area contributed by atoms with Crippen molar-refractivity contribution in [2.75, 3.05) is 0 Å². The molecule has 0 rings (SSSR count). The van der Waals surface area contributed by atoms with Gasteiger partial charge in [-0.05, 0) is 47.9 Å². The molecule has 15 heavy (non-hydrogen) atoms. The molecule has 0 radical (unpaired) electrons. The fourth-order valence-corrected chi connectivity index (χ4v) is 1.63. The van der Waals surface area contributed by atoms with Crippen LogP contribution in [-0.2, 0) is 0 Å². The van der Waals surface area contributed by atoms with E-state index in [0.717, 1.165) is 0 Å². The molecule has 0 fully saturated rings. The normalized spacial score (nSPS) is 13.0. The summed E-state index contributed by atoms with van der Waals surface area (Å²) in [6, 6.07) is 0. The smallest absolute Gasteiger partial charge is 0.306 e. The maximum absolute atomic E-state index is 3.64. The topological polar surface area (TPSA) is 24.1 Å². The van der Waals surface area contributed by atoms with Gasteiger partial charge in [0.25, 0.3) is 0 Å². The lowest BCUT2D eigenvalue weighted by Crippen LogP contribution is -2.59. The molecule has 0 aliphatic heterocycles. The molecule has 0 aromatic rings. The summed E-state index contributed by atoms with van der Waals surface area (Å²) in [5.41, 5.74) is 0.354. The molecule has 0 aliphatic rings. The fourth-order valence-electron chi connectivity index (χ4n) is 1.63. The molecular formula is C12H29BN2. The Hall–Kier alpha value is -0.0151. The first-order valence-corrected chi connectivity index (χ1v) is 6.19. The van der Waals surface area contributed by atoms with E-state index in [1.54, 1.807) is 0 Å². The maximum Gasteiger partial charge on any atom is 0.306 e. The van der Waals surface area contributed by atoms with E-state index in [1.165, 1.54) is 19.2 Å². The van der Waals surface area contributed by atoms with E-state index < -0.39 is 0 Å². The van der Waals surface area contributed by atoms with Crippen molar-refractivity contribution in [2.24, 2.45) is 0 Å². The van der Waals surface area contributed by atoms with E-state index in [4.69, 9.17) is 0 Å². The molecule has 2 nitrogen and oxygen atoms in total. The minimum absolute atomic E-state index is 0.177. The summed E-state index contributed by atoms with van der Waals surface area (Å²) >= 11 is 0. The van der Waals surface area contributed by atoms with Crippen molar-refractivity contribution in [3.63, 3.8) is 0 Å².